The van der Waals surface area contributed by atoms with E-state index in [0.29, 0.717) is 0 Å². The first-order valence-corrected chi connectivity index (χ1v) is 41.1. The molecule has 0 atom stereocenters. The first-order valence-electron chi connectivity index (χ1n) is 41.1. The molecule has 0 bridgehead atoms. The van der Waals surface area contributed by atoms with Crippen molar-refractivity contribution in [3.05, 3.63) is 334 Å². The molecule has 0 fully saturated rings. The number of hydrogen-bond acceptors (Lipinski definition) is 2. The molecule has 2 aliphatic carbocycles. The van der Waals surface area contributed by atoms with Gasteiger partial charge >= 0.3 is 0 Å². The fraction of sp³-hybridized carbons (Fsp3) is 0.314. The predicted octanol–water partition coefficient (Wildman–Crippen LogP) is 30.7. The van der Waals surface area contributed by atoms with Crippen LogP contribution in [0.5, 0.6) is 0 Å². The van der Waals surface area contributed by atoms with E-state index in [2.05, 4.69) is 346 Å². The lowest BCUT2D eigenvalue weighted by atomic mass is 9.67. The molecule has 0 unspecified atom stereocenters. The third kappa shape index (κ3) is 15.6. The molecule has 0 amide bonds. The highest BCUT2D eigenvalue weighted by Crippen LogP contribution is 2.59. The molecule has 544 valence electrons. The van der Waals surface area contributed by atoms with Gasteiger partial charge in [-0.3, -0.25) is 0 Å². The van der Waals surface area contributed by atoms with E-state index in [1.165, 1.54) is 237 Å². The Balaban J connectivity index is 0.925. The van der Waals surface area contributed by atoms with Crippen molar-refractivity contribution < 1.29 is 0 Å². The van der Waals surface area contributed by atoms with Crippen molar-refractivity contribution in [1.82, 2.24) is 0 Å². The maximum atomic E-state index is 2.67. The van der Waals surface area contributed by atoms with Crippen molar-refractivity contribution in [3.8, 4) is 55.6 Å². The Bertz CT molecular complexity index is 4770. The Kier molecular flexibility index (Phi) is 23.0. The summed E-state index contributed by atoms with van der Waals surface area (Å²) >= 11 is 0. The van der Waals surface area contributed by atoms with E-state index >= 15 is 0 Å². The second kappa shape index (κ2) is 33.2. The highest BCUT2D eigenvalue weighted by atomic mass is 15.1. The van der Waals surface area contributed by atoms with Gasteiger partial charge in [-0.25, -0.2) is 0 Å². The van der Waals surface area contributed by atoms with E-state index in [-0.39, 0.29) is 10.8 Å². The van der Waals surface area contributed by atoms with Crippen LogP contribution in [-0.2, 0) is 29.1 Å². The third-order valence-electron chi connectivity index (χ3n) is 23.9. The highest BCUT2D eigenvalue weighted by molar-refractivity contribution is 5.91. The smallest absolute Gasteiger partial charge is 0.0713 e. The van der Waals surface area contributed by atoms with E-state index in [0.717, 1.165) is 48.4 Å². The molecule has 14 rings (SSSR count). The predicted molar refractivity (Wildman–Crippen MR) is 462 cm³/mol. The first kappa shape index (κ1) is 74.1. The molecular weight excluding hydrogens is 1290 g/mol. The zero-order valence-corrected chi connectivity index (χ0v) is 65.9. The summed E-state index contributed by atoms with van der Waals surface area (Å²) in [6.45, 7) is 22.9. The number of rotatable bonds is 31. The van der Waals surface area contributed by atoms with Crippen LogP contribution in [0.4, 0.5) is 34.1 Å². The van der Waals surface area contributed by atoms with Crippen LogP contribution in [0.2, 0.25) is 0 Å². The second-order valence-corrected chi connectivity index (χ2v) is 32.6. The van der Waals surface area contributed by atoms with E-state index in [4.69, 9.17) is 0 Å². The topological polar surface area (TPSA) is 6.48 Å². The summed E-state index contributed by atoms with van der Waals surface area (Å²) in [6, 6.07) is 105. The number of anilines is 6. The van der Waals surface area contributed by atoms with Crippen molar-refractivity contribution in [2.45, 2.75) is 214 Å². The van der Waals surface area contributed by atoms with E-state index in [1.54, 1.807) is 0 Å². The van der Waals surface area contributed by atoms with Gasteiger partial charge in [-0.1, -0.05) is 349 Å². The van der Waals surface area contributed by atoms with Crippen LogP contribution >= 0.6 is 0 Å². The Morgan fingerprint density at radius 2 is 0.551 bits per heavy atom. The Hall–Kier alpha value is -9.76. The summed E-state index contributed by atoms with van der Waals surface area (Å²) < 4.78 is 0. The average molecular weight is 1400 g/mol. The molecule has 2 nitrogen and oxygen atoms in total. The monoisotopic (exact) mass is 1400 g/mol. The minimum Gasteiger partial charge on any atom is -0.310 e. The van der Waals surface area contributed by atoms with Gasteiger partial charge in [0.05, 0.1) is 5.41 Å². The minimum absolute atomic E-state index is 0.0739. The van der Waals surface area contributed by atoms with Gasteiger partial charge in [0.1, 0.15) is 0 Å². The van der Waals surface area contributed by atoms with Gasteiger partial charge in [-0.2, -0.15) is 0 Å². The van der Waals surface area contributed by atoms with Crippen molar-refractivity contribution in [2.24, 2.45) is 0 Å². The molecule has 0 aliphatic heterocycles. The van der Waals surface area contributed by atoms with E-state index in [1.807, 2.05) is 0 Å². The fourth-order valence-corrected chi connectivity index (χ4v) is 17.8. The lowest BCUT2D eigenvalue weighted by molar-refractivity contribution is 0.398. The molecule has 0 N–H and O–H groups in total. The summed E-state index contributed by atoms with van der Waals surface area (Å²) in [5.41, 5.74) is 35.3. The number of benzene rings is 12. The average Bonchev–Trinajstić information content (AvgIpc) is 1.54. The molecule has 0 saturated heterocycles. The van der Waals surface area contributed by atoms with Crippen molar-refractivity contribution in [1.29, 1.82) is 0 Å². The Morgan fingerprint density at radius 1 is 0.262 bits per heavy atom. The van der Waals surface area contributed by atoms with Gasteiger partial charge in [0, 0.05) is 39.5 Å². The SMILES string of the molecule is CCCCCCCCC1(CCCCCCCC)c2cc(N(c3ccc(-c4ccc(CCCC)cc4)cc3)c3ccc(-c4ccc(CCCC)cc4)cc3)ccc2-c2ccc(N(c3ccc(-c4ccc(C(C)(C)C)cc4)cc3)c3ccc(C4(c5ccc(C)cc5)c5cc(C)ccc5-c5ccc(C)cc54)cc3)cc21. The maximum Gasteiger partial charge on any atom is 0.0713 e. The van der Waals surface area contributed by atoms with Crippen LogP contribution in [0.1, 0.15) is 231 Å². The van der Waals surface area contributed by atoms with Crippen LogP contribution in [0.25, 0.3) is 55.6 Å². The zero-order valence-electron chi connectivity index (χ0n) is 65.9. The van der Waals surface area contributed by atoms with Crippen molar-refractivity contribution in [2.75, 3.05) is 9.80 Å². The summed E-state index contributed by atoms with van der Waals surface area (Å²) in [7, 11) is 0. The van der Waals surface area contributed by atoms with Gasteiger partial charge in [0.15, 0.2) is 0 Å². The highest BCUT2D eigenvalue weighted by Gasteiger charge is 2.47. The summed E-state index contributed by atoms with van der Waals surface area (Å²) in [4.78, 5) is 5.12. The molecule has 12 aromatic carbocycles. The second-order valence-electron chi connectivity index (χ2n) is 32.6. The molecule has 0 radical (unpaired) electrons. The van der Waals surface area contributed by atoms with Gasteiger partial charge in [0.25, 0.3) is 0 Å². The van der Waals surface area contributed by atoms with E-state index < -0.39 is 5.41 Å². The normalized spacial score (nSPS) is 13.1. The Labute approximate surface area is 643 Å². The van der Waals surface area contributed by atoms with Crippen LogP contribution in [0.3, 0.4) is 0 Å². The standard InChI is InChI=1S/C105H114N2/c1-11-15-19-21-23-25-69-104(70-26-24-22-20-16-12-2)99-73-93(106(89-55-43-83(44-56-89)80-37-33-78(34-38-80)27-17-13-3)90-57-45-84(46-58-90)81-39-35-79(36-40-81)28-18-14-4)63-67-95(99)96-68-64-94(74-100(96)104)107(91-59-47-85(48-60-91)82-41-51-86(52-42-82)103(8,9)10)92-61-53-88(54-62-92)105(87-49-29-75(5)30-50-87)101-71-76(6)31-65-97(101)98-66-32-77(7)72-102(98)105/h29-68,71-74H,11-28,69-70H2,1-10H3. The third-order valence-corrected chi connectivity index (χ3v) is 23.9. The van der Waals surface area contributed by atoms with Crippen LogP contribution in [0, 0.1) is 20.8 Å². The van der Waals surface area contributed by atoms with E-state index in [9.17, 15) is 0 Å². The molecule has 0 aromatic heterocycles. The fourth-order valence-electron chi connectivity index (χ4n) is 17.8. The number of nitrogens with zero attached hydrogens (tertiary/aromatic N) is 2. The Morgan fingerprint density at radius 3 is 0.916 bits per heavy atom. The first-order chi connectivity index (χ1) is 52.2. The van der Waals surface area contributed by atoms with Gasteiger partial charge in [-0.15, -0.1) is 0 Å². The lowest BCUT2D eigenvalue weighted by Gasteiger charge is -2.36. The van der Waals surface area contributed by atoms with Crippen LogP contribution in [0.15, 0.2) is 267 Å². The molecule has 0 saturated carbocycles. The number of aryl methyl sites for hydroxylation is 5. The lowest BCUT2D eigenvalue weighted by Crippen LogP contribution is -2.29. The molecule has 2 aliphatic rings. The molecule has 0 heterocycles. The number of unbranched alkanes of at least 4 members (excludes halogenated alkanes) is 12. The molecule has 0 spiro atoms. The minimum atomic E-state index is -0.530. The van der Waals surface area contributed by atoms with Crippen LogP contribution < -0.4 is 9.80 Å². The number of hydrogen-bond donors (Lipinski definition) is 0. The quantitative estimate of drug-likeness (QED) is 0.0400. The molecule has 12 aromatic rings. The van der Waals surface area contributed by atoms with Crippen molar-refractivity contribution >= 4 is 34.1 Å². The zero-order chi connectivity index (χ0) is 74.1. The van der Waals surface area contributed by atoms with Gasteiger partial charge in [-0.05, 0) is 243 Å². The van der Waals surface area contributed by atoms with Crippen molar-refractivity contribution in [3.63, 3.8) is 0 Å². The molecule has 2 heteroatoms. The number of fused-ring (bicyclic) bond motifs is 6. The largest absolute Gasteiger partial charge is 0.310 e. The van der Waals surface area contributed by atoms with Crippen LogP contribution in [-0.4, -0.2) is 0 Å². The van der Waals surface area contributed by atoms with Gasteiger partial charge < -0.3 is 9.80 Å². The summed E-state index contributed by atoms with van der Waals surface area (Å²) in [5.74, 6) is 0. The molecule has 107 heavy (non-hydrogen) atoms. The maximum absolute atomic E-state index is 2.67. The van der Waals surface area contributed by atoms with Gasteiger partial charge in [0.2, 0.25) is 0 Å². The molecular formula is C105H114N2. The summed E-state index contributed by atoms with van der Waals surface area (Å²) in [6.07, 6.45) is 24.3. The summed E-state index contributed by atoms with van der Waals surface area (Å²) in [5, 5.41) is 0.